The van der Waals surface area contributed by atoms with E-state index in [1.54, 1.807) is 0 Å². The van der Waals surface area contributed by atoms with Gasteiger partial charge in [0.15, 0.2) is 0 Å². The molecule has 0 fully saturated rings. The Morgan fingerprint density at radius 1 is 0.540 bits per heavy atom. The summed E-state index contributed by atoms with van der Waals surface area (Å²) < 4.78 is 5.20. The molecule has 0 bridgehead atoms. The molecule has 0 spiro atoms. The fraction of sp³-hybridized carbons (Fsp3) is 0.0435. The van der Waals surface area contributed by atoms with Crippen molar-refractivity contribution in [1.82, 2.24) is 9.13 Å². The minimum Gasteiger partial charge on any atom is -0.323 e. The van der Waals surface area contributed by atoms with Crippen molar-refractivity contribution in [2.24, 2.45) is 0 Å². The molecule has 4 heterocycles. The number of allylic oxidation sites excluding steroid dienone is 1. The summed E-state index contributed by atoms with van der Waals surface area (Å²) >= 11 is 0. The number of anilines is 3. The molecule has 6 aromatic carbocycles. The maximum Gasteiger partial charge on any atom is 0.273 e. The van der Waals surface area contributed by atoms with Crippen molar-refractivity contribution in [3.63, 3.8) is 0 Å². The first-order valence-electron chi connectivity index (χ1n) is 17.6. The normalized spacial score (nSPS) is 13.7. The maximum atomic E-state index is 2.61. The Bertz CT molecular complexity index is 2630. The third-order valence-corrected chi connectivity index (χ3v) is 10.9. The smallest absolute Gasteiger partial charge is 0.273 e. The van der Waals surface area contributed by atoms with Crippen molar-refractivity contribution in [1.29, 1.82) is 0 Å². The van der Waals surface area contributed by atoms with Crippen molar-refractivity contribution in [2.75, 3.05) is 4.90 Å². The van der Waals surface area contributed by atoms with Crippen molar-refractivity contribution in [2.45, 2.75) is 12.8 Å². The van der Waals surface area contributed by atoms with E-state index in [1.807, 2.05) is 0 Å². The van der Waals surface area contributed by atoms with Gasteiger partial charge >= 0.3 is 0 Å². The van der Waals surface area contributed by atoms with Crippen LogP contribution in [-0.4, -0.2) is 15.8 Å². The Balaban J connectivity index is 1.34. The second kappa shape index (κ2) is 10.6. The van der Waals surface area contributed by atoms with Crippen LogP contribution in [0.25, 0.3) is 50.7 Å². The van der Waals surface area contributed by atoms with E-state index in [9.17, 15) is 0 Å². The molecule has 11 rings (SSSR count). The van der Waals surface area contributed by atoms with Crippen LogP contribution >= 0.6 is 0 Å². The highest BCUT2D eigenvalue weighted by Crippen LogP contribution is 2.48. The molecule has 2 aliphatic heterocycles. The highest BCUT2D eigenvalue weighted by molar-refractivity contribution is 7.00. The molecule has 0 radical (unpaired) electrons. The molecule has 234 valence electrons. The van der Waals surface area contributed by atoms with Crippen molar-refractivity contribution < 1.29 is 0 Å². The Hall–Kier alpha value is -6.26. The molecule has 0 saturated heterocycles. The Morgan fingerprint density at radius 3 is 1.92 bits per heavy atom. The zero-order chi connectivity index (χ0) is 32.8. The van der Waals surface area contributed by atoms with Gasteiger partial charge in [-0.05, 0) is 71.3 Å². The summed E-state index contributed by atoms with van der Waals surface area (Å²) in [6, 6.07) is 57.9. The van der Waals surface area contributed by atoms with Crippen LogP contribution in [-0.2, 0) is 6.42 Å². The van der Waals surface area contributed by atoms with Gasteiger partial charge in [-0.25, -0.2) is 0 Å². The standard InChI is InChI=1S/C46H32BN3/c1-5-17-31(18-6-1)41-36-26-15-27-37-44(36)50(43(41)32-19-7-2-8-20-32)40-30-16-29-39-42(40)47(37)46-45(48(39)33-21-9-3-10-22-33)35-25-13-14-28-38(35)49(46)34-23-11-4-12-24-34/h1-13,15-27,29-30H,14,28H2. The molecule has 3 aliphatic rings. The predicted molar refractivity (Wildman–Crippen MR) is 210 cm³/mol. The molecule has 0 saturated carbocycles. The van der Waals surface area contributed by atoms with Crippen LogP contribution in [0, 0.1) is 0 Å². The van der Waals surface area contributed by atoms with E-state index in [0.29, 0.717) is 0 Å². The minimum atomic E-state index is 0.0358. The number of fused-ring (bicyclic) bond motifs is 6. The van der Waals surface area contributed by atoms with Crippen molar-refractivity contribution in [3.8, 4) is 33.8 Å². The van der Waals surface area contributed by atoms with E-state index in [-0.39, 0.29) is 6.71 Å². The Morgan fingerprint density at radius 2 is 1.18 bits per heavy atom. The number of aromatic nitrogens is 2. The molecule has 3 nitrogen and oxygen atoms in total. The molecule has 8 aromatic rings. The first kappa shape index (κ1) is 27.7. The average molecular weight is 638 g/mol. The van der Waals surface area contributed by atoms with Gasteiger partial charge in [0.1, 0.15) is 0 Å². The molecular weight excluding hydrogens is 605 g/mol. The van der Waals surface area contributed by atoms with E-state index in [4.69, 9.17) is 0 Å². The van der Waals surface area contributed by atoms with Gasteiger partial charge in [0.2, 0.25) is 0 Å². The van der Waals surface area contributed by atoms with Crippen LogP contribution in [0.2, 0.25) is 0 Å². The summed E-state index contributed by atoms with van der Waals surface area (Å²) in [6.45, 7) is 0.0358. The van der Waals surface area contributed by atoms with Gasteiger partial charge in [0.05, 0.1) is 11.4 Å². The maximum absolute atomic E-state index is 2.61. The monoisotopic (exact) mass is 637 g/mol. The molecule has 50 heavy (non-hydrogen) atoms. The lowest BCUT2D eigenvalue weighted by Crippen LogP contribution is -2.62. The fourth-order valence-corrected chi connectivity index (χ4v) is 9.10. The van der Waals surface area contributed by atoms with Gasteiger partial charge in [-0.3, -0.25) is 0 Å². The van der Waals surface area contributed by atoms with Crippen LogP contribution in [0.15, 0.2) is 164 Å². The van der Waals surface area contributed by atoms with Crippen molar-refractivity contribution in [3.05, 3.63) is 175 Å². The number of hydrogen-bond acceptors (Lipinski definition) is 1. The zero-order valence-corrected chi connectivity index (χ0v) is 27.5. The molecule has 0 amide bonds. The highest BCUT2D eigenvalue weighted by atomic mass is 15.2. The molecule has 4 heteroatoms. The topological polar surface area (TPSA) is 13.1 Å². The zero-order valence-electron chi connectivity index (χ0n) is 27.5. The summed E-state index contributed by atoms with van der Waals surface area (Å²) in [5.74, 6) is 0. The Labute approximate surface area is 292 Å². The predicted octanol–water partition coefficient (Wildman–Crippen LogP) is 9.33. The fourth-order valence-electron chi connectivity index (χ4n) is 9.10. The van der Waals surface area contributed by atoms with E-state index in [1.165, 1.54) is 89.5 Å². The number of benzene rings is 6. The third kappa shape index (κ3) is 3.71. The summed E-state index contributed by atoms with van der Waals surface area (Å²) in [4.78, 5) is 2.55. The third-order valence-electron chi connectivity index (χ3n) is 10.9. The summed E-state index contributed by atoms with van der Waals surface area (Å²) in [7, 11) is 0. The first-order chi connectivity index (χ1) is 24.9. The van der Waals surface area contributed by atoms with E-state index in [2.05, 4.69) is 184 Å². The van der Waals surface area contributed by atoms with Crippen LogP contribution in [0.3, 0.4) is 0 Å². The lowest BCUT2D eigenvalue weighted by molar-refractivity contribution is 0.884. The quantitative estimate of drug-likeness (QED) is 0.175. The lowest BCUT2D eigenvalue weighted by Gasteiger charge is -2.40. The largest absolute Gasteiger partial charge is 0.323 e. The van der Waals surface area contributed by atoms with Crippen LogP contribution in [0.5, 0.6) is 0 Å². The van der Waals surface area contributed by atoms with Gasteiger partial charge in [0, 0.05) is 56.1 Å². The van der Waals surface area contributed by atoms with Crippen LogP contribution < -0.4 is 21.4 Å². The number of nitrogens with zero attached hydrogens (tertiary/aromatic N) is 3. The van der Waals surface area contributed by atoms with Gasteiger partial charge in [-0.2, -0.15) is 0 Å². The first-order valence-corrected chi connectivity index (χ1v) is 17.6. The molecular formula is C46H32BN3. The van der Waals surface area contributed by atoms with Crippen LogP contribution in [0.1, 0.15) is 17.7 Å². The molecule has 2 aromatic heterocycles. The lowest BCUT2D eigenvalue weighted by atomic mass is 9.35. The number of hydrogen-bond donors (Lipinski definition) is 0. The van der Waals surface area contributed by atoms with Gasteiger partial charge < -0.3 is 14.0 Å². The summed E-state index contributed by atoms with van der Waals surface area (Å²) in [5.41, 5.74) is 19.2. The SMILES string of the molecule is C1=Cc2c3c(n(-c4ccccc4)c2CC1)B1c2c(cccc2-n2c(-c4ccccc4)c(-c4ccccc4)c4cccc1c42)N3c1ccccc1. The summed E-state index contributed by atoms with van der Waals surface area (Å²) in [5, 5.41) is 1.29. The number of rotatable bonds is 4. The number of para-hydroxylation sites is 3. The van der Waals surface area contributed by atoms with Gasteiger partial charge in [-0.1, -0.05) is 133 Å². The van der Waals surface area contributed by atoms with Crippen LogP contribution in [0.4, 0.5) is 17.1 Å². The van der Waals surface area contributed by atoms with Gasteiger partial charge in [-0.15, -0.1) is 0 Å². The minimum absolute atomic E-state index is 0.0358. The van der Waals surface area contributed by atoms with E-state index >= 15 is 0 Å². The second-order valence-electron chi connectivity index (χ2n) is 13.6. The highest BCUT2D eigenvalue weighted by Gasteiger charge is 2.46. The molecule has 0 unspecified atom stereocenters. The Kier molecular flexibility index (Phi) is 5.88. The van der Waals surface area contributed by atoms with Crippen molar-refractivity contribution >= 4 is 57.3 Å². The average Bonchev–Trinajstić information content (AvgIpc) is 3.72. The van der Waals surface area contributed by atoms with Gasteiger partial charge in [0.25, 0.3) is 6.71 Å². The second-order valence-corrected chi connectivity index (χ2v) is 13.6. The molecule has 0 atom stereocenters. The molecule has 1 aliphatic carbocycles. The molecule has 0 N–H and O–H groups in total. The van der Waals surface area contributed by atoms with E-state index in [0.717, 1.165) is 12.8 Å². The summed E-state index contributed by atoms with van der Waals surface area (Å²) in [6.07, 6.45) is 6.78. The van der Waals surface area contributed by atoms with E-state index < -0.39 is 0 Å².